The Balaban J connectivity index is 2.11. The van der Waals surface area contributed by atoms with Gasteiger partial charge >= 0.3 is 5.97 Å². The Morgan fingerprint density at radius 3 is 2.94 bits per heavy atom. The summed E-state index contributed by atoms with van der Waals surface area (Å²) in [7, 11) is 0. The molecule has 0 amide bonds. The summed E-state index contributed by atoms with van der Waals surface area (Å²) in [4.78, 5) is 22.2. The average Bonchev–Trinajstić information content (AvgIpc) is 2.27. The molecule has 0 heterocycles. The van der Waals surface area contributed by atoms with Crippen LogP contribution in [-0.4, -0.2) is 23.0 Å². The molecule has 1 aliphatic carbocycles. The molecular weight excluding hydrogens is 232 g/mol. The Bertz CT molecular complexity index is 479. The fraction of sp³-hybridized carbons (Fsp3) is 0.429. The van der Waals surface area contributed by atoms with Gasteiger partial charge in [-0.3, -0.25) is 9.59 Å². The van der Waals surface area contributed by atoms with Gasteiger partial charge in [-0.2, -0.15) is 0 Å². The maximum atomic E-state index is 11.6. The lowest BCUT2D eigenvalue weighted by molar-refractivity contribution is -0.138. The van der Waals surface area contributed by atoms with Gasteiger partial charge in [0.1, 0.15) is 11.9 Å². The minimum atomic E-state index is -0.879. The van der Waals surface area contributed by atoms with Gasteiger partial charge in [0.25, 0.3) is 0 Å². The number of fused-ring (bicyclic) bond motifs is 1. The highest BCUT2D eigenvalue weighted by Crippen LogP contribution is 2.26. The highest BCUT2D eigenvalue weighted by molar-refractivity contribution is 5.98. The number of carboxylic acids is 1. The molecular formula is C14H16O4. The van der Waals surface area contributed by atoms with Crippen molar-refractivity contribution >= 4 is 11.8 Å². The number of aryl methyl sites for hydroxylation is 1. The van der Waals surface area contributed by atoms with Gasteiger partial charge in [0.2, 0.25) is 0 Å². The van der Waals surface area contributed by atoms with E-state index in [2.05, 4.69) is 0 Å². The third kappa shape index (κ3) is 2.88. The fourth-order valence-corrected chi connectivity index (χ4v) is 2.22. The third-order valence-electron chi connectivity index (χ3n) is 3.03. The van der Waals surface area contributed by atoms with Crippen LogP contribution in [0.3, 0.4) is 0 Å². The summed E-state index contributed by atoms with van der Waals surface area (Å²) in [5.74, 6) is -0.0609. The molecule has 1 N–H and O–H groups in total. The van der Waals surface area contributed by atoms with Crippen molar-refractivity contribution in [2.24, 2.45) is 0 Å². The number of benzene rings is 1. The smallest absolute Gasteiger partial charge is 0.307 e. The van der Waals surface area contributed by atoms with Crippen LogP contribution in [0.2, 0.25) is 0 Å². The molecule has 1 aromatic carbocycles. The summed E-state index contributed by atoms with van der Waals surface area (Å²) >= 11 is 0. The second-order valence-electron chi connectivity index (χ2n) is 4.62. The zero-order chi connectivity index (χ0) is 13.1. The number of hydrogen-bond donors (Lipinski definition) is 1. The standard InChI is InChI=1S/C14H16O4/c1-9(7-14(16)17)18-11-5-6-12-10(8-11)3-2-4-13(12)15/h5-6,8-9H,2-4,7H2,1H3,(H,16,17)/t9-/m0/s1. The maximum Gasteiger partial charge on any atom is 0.307 e. The summed E-state index contributed by atoms with van der Waals surface area (Å²) in [6.45, 7) is 1.72. The number of ether oxygens (including phenoxy) is 1. The molecule has 0 saturated carbocycles. The summed E-state index contributed by atoms with van der Waals surface area (Å²) < 4.78 is 5.53. The first-order valence-electron chi connectivity index (χ1n) is 6.11. The van der Waals surface area contributed by atoms with Gasteiger partial charge in [0, 0.05) is 12.0 Å². The van der Waals surface area contributed by atoms with Crippen LogP contribution in [0.5, 0.6) is 5.75 Å². The number of carbonyl (C=O) groups excluding carboxylic acids is 1. The minimum absolute atomic E-state index is 0.0317. The van der Waals surface area contributed by atoms with E-state index in [9.17, 15) is 9.59 Å². The van der Waals surface area contributed by atoms with Crippen LogP contribution >= 0.6 is 0 Å². The van der Waals surface area contributed by atoms with E-state index in [1.165, 1.54) is 0 Å². The molecule has 0 spiro atoms. The van der Waals surface area contributed by atoms with Crippen molar-refractivity contribution in [2.75, 3.05) is 0 Å². The molecule has 0 radical (unpaired) electrons. The summed E-state index contributed by atoms with van der Waals surface area (Å²) in [6.07, 6.45) is 1.96. The van der Waals surface area contributed by atoms with Gasteiger partial charge in [-0.1, -0.05) is 0 Å². The average molecular weight is 248 g/mol. The Morgan fingerprint density at radius 2 is 2.22 bits per heavy atom. The van der Waals surface area contributed by atoms with E-state index in [1.54, 1.807) is 19.1 Å². The number of Topliss-reactive ketones (excluding diaryl/α,β-unsaturated/α-hetero) is 1. The molecule has 0 bridgehead atoms. The number of rotatable bonds is 4. The van der Waals surface area contributed by atoms with E-state index in [1.807, 2.05) is 6.07 Å². The number of ketones is 1. The molecule has 0 aliphatic heterocycles. The molecule has 18 heavy (non-hydrogen) atoms. The van der Waals surface area contributed by atoms with E-state index in [0.717, 1.165) is 24.0 Å². The third-order valence-corrected chi connectivity index (χ3v) is 3.03. The highest BCUT2D eigenvalue weighted by Gasteiger charge is 2.18. The monoisotopic (exact) mass is 248 g/mol. The van der Waals surface area contributed by atoms with Crippen LogP contribution in [-0.2, 0) is 11.2 Å². The lowest BCUT2D eigenvalue weighted by atomic mass is 9.90. The van der Waals surface area contributed by atoms with Gasteiger partial charge in [0.15, 0.2) is 5.78 Å². The van der Waals surface area contributed by atoms with Gasteiger partial charge < -0.3 is 9.84 Å². The van der Waals surface area contributed by atoms with Crippen molar-refractivity contribution in [1.82, 2.24) is 0 Å². The van der Waals surface area contributed by atoms with E-state index >= 15 is 0 Å². The van der Waals surface area contributed by atoms with E-state index in [4.69, 9.17) is 9.84 Å². The molecule has 4 nitrogen and oxygen atoms in total. The molecule has 0 unspecified atom stereocenters. The molecule has 0 aromatic heterocycles. The van der Waals surface area contributed by atoms with Crippen molar-refractivity contribution in [1.29, 1.82) is 0 Å². The molecule has 0 fully saturated rings. The van der Waals surface area contributed by atoms with Crippen molar-refractivity contribution in [3.05, 3.63) is 29.3 Å². The first kappa shape index (κ1) is 12.6. The molecule has 0 saturated heterocycles. The van der Waals surface area contributed by atoms with Gasteiger partial charge in [-0.05, 0) is 43.5 Å². The number of carbonyl (C=O) groups is 2. The Labute approximate surface area is 106 Å². The fourth-order valence-electron chi connectivity index (χ4n) is 2.22. The van der Waals surface area contributed by atoms with Crippen molar-refractivity contribution in [2.45, 2.75) is 38.7 Å². The summed E-state index contributed by atoms with van der Waals surface area (Å²) in [6, 6.07) is 5.37. The maximum absolute atomic E-state index is 11.6. The van der Waals surface area contributed by atoms with Crippen LogP contribution in [0.4, 0.5) is 0 Å². The van der Waals surface area contributed by atoms with Crippen LogP contribution in [0.15, 0.2) is 18.2 Å². The molecule has 2 rings (SSSR count). The predicted octanol–water partition coefficient (Wildman–Crippen LogP) is 2.45. The predicted molar refractivity (Wildman–Crippen MR) is 66.1 cm³/mol. The Morgan fingerprint density at radius 1 is 1.44 bits per heavy atom. The van der Waals surface area contributed by atoms with Crippen molar-refractivity contribution in [3.8, 4) is 5.75 Å². The topological polar surface area (TPSA) is 63.6 Å². The summed E-state index contributed by atoms with van der Waals surface area (Å²) in [5.41, 5.74) is 1.78. The second-order valence-corrected chi connectivity index (χ2v) is 4.62. The van der Waals surface area contributed by atoms with Gasteiger partial charge in [-0.15, -0.1) is 0 Å². The molecule has 96 valence electrons. The van der Waals surface area contributed by atoms with E-state index in [0.29, 0.717) is 12.2 Å². The van der Waals surface area contributed by atoms with Crippen LogP contribution in [0.1, 0.15) is 42.1 Å². The minimum Gasteiger partial charge on any atom is -0.490 e. The summed E-state index contributed by atoms with van der Waals surface area (Å²) in [5, 5.41) is 8.66. The highest BCUT2D eigenvalue weighted by atomic mass is 16.5. The largest absolute Gasteiger partial charge is 0.490 e. The number of hydrogen-bond acceptors (Lipinski definition) is 3. The van der Waals surface area contributed by atoms with Crippen molar-refractivity contribution in [3.63, 3.8) is 0 Å². The first-order chi connectivity index (χ1) is 8.56. The number of carboxylic acid groups (broad SMARTS) is 1. The lowest BCUT2D eigenvalue weighted by Gasteiger charge is -2.18. The second kappa shape index (κ2) is 5.21. The van der Waals surface area contributed by atoms with Crippen molar-refractivity contribution < 1.29 is 19.4 Å². The SMILES string of the molecule is C[C@@H](CC(=O)O)Oc1ccc2c(c1)CCCC2=O. The van der Waals surface area contributed by atoms with Gasteiger partial charge in [-0.25, -0.2) is 0 Å². The molecule has 1 aromatic rings. The zero-order valence-electron chi connectivity index (χ0n) is 10.3. The Hall–Kier alpha value is -1.84. The first-order valence-corrected chi connectivity index (χ1v) is 6.11. The number of aliphatic carboxylic acids is 1. The van der Waals surface area contributed by atoms with Gasteiger partial charge in [0.05, 0.1) is 6.42 Å². The van der Waals surface area contributed by atoms with Crippen LogP contribution in [0, 0.1) is 0 Å². The van der Waals surface area contributed by atoms with E-state index < -0.39 is 5.97 Å². The van der Waals surface area contributed by atoms with Crippen LogP contribution in [0.25, 0.3) is 0 Å². The lowest BCUT2D eigenvalue weighted by Crippen LogP contribution is -2.17. The van der Waals surface area contributed by atoms with E-state index in [-0.39, 0.29) is 18.3 Å². The van der Waals surface area contributed by atoms with Crippen LogP contribution < -0.4 is 4.74 Å². The zero-order valence-corrected chi connectivity index (χ0v) is 10.3. The molecule has 1 atom stereocenters. The molecule has 1 aliphatic rings. The molecule has 4 heteroatoms. The quantitative estimate of drug-likeness (QED) is 0.888. The Kier molecular flexibility index (Phi) is 3.65. The normalized spacial score (nSPS) is 15.9.